The molecule has 6 heteroatoms. The third-order valence-corrected chi connectivity index (χ3v) is 4.71. The molecule has 1 aliphatic carbocycles. The summed E-state index contributed by atoms with van der Waals surface area (Å²) in [5, 5.41) is 11.7. The van der Waals surface area contributed by atoms with Crippen molar-refractivity contribution < 1.29 is 0 Å². The van der Waals surface area contributed by atoms with Crippen LogP contribution < -0.4 is 10.9 Å². The Hall–Kier alpha value is -2.47. The molecule has 0 aliphatic heterocycles. The number of aryl methyl sites for hydroxylation is 1. The molecule has 0 unspecified atom stereocenters. The van der Waals surface area contributed by atoms with Crippen molar-refractivity contribution in [2.24, 2.45) is 0 Å². The standard InChI is InChI=1S/C18H21N5O/c1-12(19-9-17-13-6-4-8-16(13)21-22-17)10-23-11-20-15-7-3-2-5-14(15)18(23)24/h2-3,5,7,11-12,19H,4,6,8-10H2,1H3,(H,21,22)/t12-/m0/s1. The second-order valence-corrected chi connectivity index (χ2v) is 6.48. The fraction of sp³-hybridized carbons (Fsp3) is 0.389. The molecule has 0 saturated carbocycles. The second kappa shape index (κ2) is 6.20. The van der Waals surface area contributed by atoms with Gasteiger partial charge in [0, 0.05) is 24.8 Å². The lowest BCUT2D eigenvalue weighted by Crippen LogP contribution is -2.34. The summed E-state index contributed by atoms with van der Waals surface area (Å²) in [7, 11) is 0. The number of benzene rings is 1. The number of nitrogens with one attached hydrogen (secondary N) is 2. The highest BCUT2D eigenvalue weighted by molar-refractivity contribution is 5.76. The van der Waals surface area contributed by atoms with E-state index in [4.69, 9.17) is 0 Å². The average molecular weight is 323 g/mol. The zero-order valence-corrected chi connectivity index (χ0v) is 13.7. The largest absolute Gasteiger partial charge is 0.307 e. The van der Waals surface area contributed by atoms with Crippen molar-refractivity contribution in [1.82, 2.24) is 25.1 Å². The zero-order chi connectivity index (χ0) is 16.5. The molecule has 1 aromatic carbocycles. The first-order chi connectivity index (χ1) is 11.7. The molecule has 0 saturated heterocycles. The minimum absolute atomic E-state index is 0.00918. The van der Waals surface area contributed by atoms with E-state index in [1.807, 2.05) is 24.3 Å². The number of hydrogen-bond acceptors (Lipinski definition) is 4. The Balaban J connectivity index is 1.45. The van der Waals surface area contributed by atoms with Crippen LogP contribution >= 0.6 is 0 Å². The van der Waals surface area contributed by atoms with Gasteiger partial charge in [-0.25, -0.2) is 4.98 Å². The summed E-state index contributed by atoms with van der Waals surface area (Å²) < 4.78 is 1.68. The summed E-state index contributed by atoms with van der Waals surface area (Å²) in [5.41, 5.74) is 4.52. The van der Waals surface area contributed by atoms with Crippen LogP contribution in [-0.4, -0.2) is 25.8 Å². The smallest absolute Gasteiger partial charge is 0.261 e. The summed E-state index contributed by atoms with van der Waals surface area (Å²) in [4.78, 5) is 16.9. The third kappa shape index (κ3) is 2.73. The van der Waals surface area contributed by atoms with Gasteiger partial charge in [-0.3, -0.25) is 14.5 Å². The van der Waals surface area contributed by atoms with Gasteiger partial charge in [-0.05, 0) is 43.9 Å². The van der Waals surface area contributed by atoms with Crippen LogP contribution in [-0.2, 0) is 25.9 Å². The Bertz CT molecular complexity index is 927. The molecule has 0 radical (unpaired) electrons. The first-order valence-corrected chi connectivity index (χ1v) is 8.45. The lowest BCUT2D eigenvalue weighted by molar-refractivity contribution is 0.463. The van der Waals surface area contributed by atoms with Gasteiger partial charge in [0.05, 0.1) is 22.9 Å². The average Bonchev–Trinajstić information content (AvgIpc) is 3.20. The molecular formula is C18H21N5O. The van der Waals surface area contributed by atoms with E-state index in [9.17, 15) is 4.79 Å². The molecule has 0 spiro atoms. The fourth-order valence-electron chi connectivity index (χ4n) is 3.40. The predicted molar refractivity (Wildman–Crippen MR) is 92.9 cm³/mol. The predicted octanol–water partition coefficient (Wildman–Crippen LogP) is 1.79. The molecule has 0 fully saturated rings. The topological polar surface area (TPSA) is 75.6 Å². The van der Waals surface area contributed by atoms with E-state index < -0.39 is 0 Å². The van der Waals surface area contributed by atoms with Crippen molar-refractivity contribution in [3.8, 4) is 0 Å². The van der Waals surface area contributed by atoms with Gasteiger partial charge < -0.3 is 5.32 Å². The maximum absolute atomic E-state index is 12.5. The Labute approximate surface area is 139 Å². The van der Waals surface area contributed by atoms with Crippen LogP contribution in [0.4, 0.5) is 0 Å². The van der Waals surface area contributed by atoms with Crippen LogP contribution in [0.3, 0.4) is 0 Å². The van der Waals surface area contributed by atoms with Gasteiger partial charge in [0.15, 0.2) is 0 Å². The number of hydrogen-bond donors (Lipinski definition) is 2. The summed E-state index contributed by atoms with van der Waals surface area (Å²) in [5.74, 6) is 0. The number of para-hydroxylation sites is 1. The maximum atomic E-state index is 12.5. The molecule has 24 heavy (non-hydrogen) atoms. The van der Waals surface area contributed by atoms with Gasteiger partial charge in [-0.2, -0.15) is 5.10 Å². The SMILES string of the molecule is C[C@@H](Cn1cnc2ccccc2c1=O)NCc1n[nH]c2c1CCC2. The van der Waals surface area contributed by atoms with Crippen LogP contribution in [0.1, 0.15) is 30.3 Å². The number of nitrogens with zero attached hydrogens (tertiary/aromatic N) is 3. The summed E-state index contributed by atoms with van der Waals surface area (Å²) in [6.07, 6.45) is 5.07. The van der Waals surface area contributed by atoms with Gasteiger partial charge in [0.25, 0.3) is 5.56 Å². The van der Waals surface area contributed by atoms with Gasteiger partial charge in [0.1, 0.15) is 0 Å². The first-order valence-electron chi connectivity index (χ1n) is 8.45. The maximum Gasteiger partial charge on any atom is 0.261 e. The van der Waals surface area contributed by atoms with Crippen LogP contribution in [0.15, 0.2) is 35.4 Å². The highest BCUT2D eigenvalue weighted by Crippen LogP contribution is 2.22. The summed E-state index contributed by atoms with van der Waals surface area (Å²) in [6, 6.07) is 7.60. The Kier molecular flexibility index (Phi) is 3.90. The van der Waals surface area contributed by atoms with Crippen LogP contribution in [0.2, 0.25) is 0 Å². The Morgan fingerprint density at radius 1 is 1.33 bits per heavy atom. The summed E-state index contributed by atoms with van der Waals surface area (Å²) in [6.45, 7) is 3.39. The third-order valence-electron chi connectivity index (χ3n) is 4.71. The van der Waals surface area contributed by atoms with E-state index in [1.165, 1.54) is 17.7 Å². The Morgan fingerprint density at radius 2 is 2.21 bits per heavy atom. The Morgan fingerprint density at radius 3 is 3.12 bits per heavy atom. The lowest BCUT2D eigenvalue weighted by atomic mass is 10.2. The van der Waals surface area contributed by atoms with Crippen molar-refractivity contribution >= 4 is 10.9 Å². The molecule has 2 N–H and O–H groups in total. The number of aromatic amines is 1. The van der Waals surface area contributed by atoms with Gasteiger partial charge in [-0.15, -0.1) is 0 Å². The molecule has 0 amide bonds. The number of aromatic nitrogens is 4. The summed E-state index contributed by atoms with van der Waals surface area (Å²) >= 11 is 0. The van der Waals surface area contributed by atoms with E-state index in [2.05, 4.69) is 27.4 Å². The van der Waals surface area contributed by atoms with E-state index in [0.29, 0.717) is 11.9 Å². The molecule has 4 rings (SSSR count). The lowest BCUT2D eigenvalue weighted by Gasteiger charge is -2.15. The highest BCUT2D eigenvalue weighted by Gasteiger charge is 2.18. The van der Waals surface area contributed by atoms with Gasteiger partial charge in [0.2, 0.25) is 0 Å². The van der Waals surface area contributed by atoms with Gasteiger partial charge in [-0.1, -0.05) is 12.1 Å². The number of fused-ring (bicyclic) bond motifs is 2. The van der Waals surface area contributed by atoms with Crippen molar-refractivity contribution in [2.75, 3.05) is 0 Å². The minimum atomic E-state index is 0.00918. The van der Waals surface area contributed by atoms with E-state index >= 15 is 0 Å². The van der Waals surface area contributed by atoms with Crippen molar-refractivity contribution in [3.63, 3.8) is 0 Å². The van der Waals surface area contributed by atoms with Crippen LogP contribution in [0.5, 0.6) is 0 Å². The number of H-pyrrole nitrogens is 1. The quantitative estimate of drug-likeness (QED) is 0.750. The fourth-order valence-corrected chi connectivity index (χ4v) is 3.40. The first kappa shape index (κ1) is 15.1. The molecule has 2 aromatic heterocycles. The highest BCUT2D eigenvalue weighted by atomic mass is 16.1. The molecule has 0 bridgehead atoms. The van der Waals surface area contributed by atoms with Crippen LogP contribution in [0.25, 0.3) is 10.9 Å². The van der Waals surface area contributed by atoms with E-state index in [0.717, 1.165) is 30.6 Å². The number of rotatable bonds is 5. The molecule has 6 nitrogen and oxygen atoms in total. The van der Waals surface area contributed by atoms with Crippen molar-refractivity contribution in [2.45, 2.75) is 45.3 Å². The molecule has 3 aromatic rings. The zero-order valence-electron chi connectivity index (χ0n) is 13.7. The second-order valence-electron chi connectivity index (χ2n) is 6.48. The minimum Gasteiger partial charge on any atom is -0.307 e. The van der Waals surface area contributed by atoms with Crippen LogP contribution in [0, 0.1) is 0 Å². The normalized spacial score (nSPS) is 14.9. The molecular weight excluding hydrogens is 302 g/mol. The molecule has 2 heterocycles. The molecule has 1 aliphatic rings. The van der Waals surface area contributed by atoms with Crippen molar-refractivity contribution in [1.29, 1.82) is 0 Å². The van der Waals surface area contributed by atoms with Crippen molar-refractivity contribution in [3.05, 3.63) is 57.9 Å². The molecule has 124 valence electrons. The van der Waals surface area contributed by atoms with E-state index in [1.54, 1.807) is 10.9 Å². The van der Waals surface area contributed by atoms with Gasteiger partial charge >= 0.3 is 0 Å². The molecule has 1 atom stereocenters. The van der Waals surface area contributed by atoms with E-state index in [-0.39, 0.29) is 11.6 Å². The monoisotopic (exact) mass is 323 g/mol.